The molecule has 8 nitrogen and oxygen atoms in total. The summed E-state index contributed by atoms with van der Waals surface area (Å²) in [6.45, 7) is 5.69. The van der Waals surface area contributed by atoms with E-state index in [0.29, 0.717) is 31.8 Å². The minimum Gasteiger partial charge on any atom is -0.460 e. The summed E-state index contributed by atoms with van der Waals surface area (Å²) in [6, 6.07) is 26.9. The molecule has 1 aliphatic carbocycles. The maximum Gasteiger partial charge on any atom is 0.407 e. The minimum absolute atomic E-state index is 0.0314. The summed E-state index contributed by atoms with van der Waals surface area (Å²) in [6.07, 6.45) is 3.47. The third kappa shape index (κ3) is 7.85. The highest BCUT2D eigenvalue weighted by molar-refractivity contribution is 7.99. The molecule has 1 amide bonds. The van der Waals surface area contributed by atoms with Gasteiger partial charge in [-0.25, -0.2) is 9.78 Å². The average Bonchev–Trinajstić information content (AvgIpc) is 3.41. The second-order valence-electron chi connectivity index (χ2n) is 12.5. The van der Waals surface area contributed by atoms with Crippen molar-refractivity contribution in [3.8, 4) is 22.3 Å². The molecular formula is C39H34ClN3O5S. The van der Waals surface area contributed by atoms with Crippen LogP contribution in [0.25, 0.3) is 22.3 Å². The third-order valence-electron chi connectivity index (χ3n) is 7.97. The number of esters is 1. The molecule has 0 saturated heterocycles. The summed E-state index contributed by atoms with van der Waals surface area (Å²) in [7, 11) is 0. The van der Waals surface area contributed by atoms with Crippen LogP contribution in [0.3, 0.4) is 0 Å². The molecule has 5 aromatic rings. The Balaban J connectivity index is 1.25. The van der Waals surface area contributed by atoms with Gasteiger partial charge in [-0.1, -0.05) is 84.0 Å². The molecule has 0 spiro atoms. The van der Waals surface area contributed by atoms with Crippen LogP contribution in [-0.2, 0) is 27.2 Å². The molecular weight excluding hydrogens is 658 g/mol. The number of aromatic nitrogens is 2. The Labute approximate surface area is 294 Å². The molecule has 2 aromatic heterocycles. The second-order valence-corrected chi connectivity index (χ2v) is 13.9. The molecule has 0 radical (unpaired) electrons. The van der Waals surface area contributed by atoms with Crippen molar-refractivity contribution in [2.75, 3.05) is 6.61 Å². The van der Waals surface area contributed by atoms with Crippen molar-refractivity contribution in [3.63, 3.8) is 0 Å². The second kappa shape index (κ2) is 14.6. The molecule has 1 aliphatic rings. The van der Waals surface area contributed by atoms with Gasteiger partial charge in [0.1, 0.15) is 17.2 Å². The van der Waals surface area contributed by atoms with Gasteiger partial charge in [-0.2, -0.15) is 0 Å². The summed E-state index contributed by atoms with van der Waals surface area (Å²) < 4.78 is 11.3. The number of rotatable bonds is 10. The molecule has 10 heteroatoms. The number of carbonyl (C=O) groups excluding carboxylic acids is 3. The van der Waals surface area contributed by atoms with Crippen molar-refractivity contribution in [1.82, 2.24) is 15.3 Å². The van der Waals surface area contributed by atoms with E-state index in [0.717, 1.165) is 39.7 Å². The minimum atomic E-state index is -0.596. The van der Waals surface area contributed by atoms with Crippen LogP contribution in [0.2, 0.25) is 5.02 Å². The summed E-state index contributed by atoms with van der Waals surface area (Å²) in [5.74, 6) is -0.450. The Morgan fingerprint density at radius 3 is 2.27 bits per heavy atom. The molecule has 248 valence electrons. The van der Waals surface area contributed by atoms with Gasteiger partial charge >= 0.3 is 12.1 Å². The number of pyridine rings is 2. The number of amides is 1. The molecule has 0 saturated carbocycles. The molecule has 6 rings (SSSR count). The highest BCUT2D eigenvalue weighted by Crippen LogP contribution is 2.45. The number of benzene rings is 3. The fourth-order valence-electron chi connectivity index (χ4n) is 5.85. The molecule has 0 aliphatic heterocycles. The Hall–Kier alpha value is -4.99. The summed E-state index contributed by atoms with van der Waals surface area (Å²) in [4.78, 5) is 47.0. The van der Waals surface area contributed by atoms with Gasteiger partial charge in [0.25, 0.3) is 0 Å². The highest BCUT2D eigenvalue weighted by atomic mass is 35.5. The zero-order valence-electron chi connectivity index (χ0n) is 27.2. The molecule has 0 atom stereocenters. The Kier molecular flexibility index (Phi) is 10.1. The predicted octanol–water partition coefficient (Wildman–Crippen LogP) is 8.68. The summed E-state index contributed by atoms with van der Waals surface area (Å²) in [5.41, 5.74) is 7.10. The first-order valence-electron chi connectivity index (χ1n) is 15.8. The van der Waals surface area contributed by atoms with E-state index in [2.05, 4.69) is 39.6 Å². The van der Waals surface area contributed by atoms with Crippen molar-refractivity contribution in [3.05, 3.63) is 130 Å². The predicted molar refractivity (Wildman–Crippen MR) is 190 cm³/mol. The van der Waals surface area contributed by atoms with Crippen LogP contribution in [0.5, 0.6) is 0 Å². The van der Waals surface area contributed by atoms with Gasteiger partial charge < -0.3 is 14.8 Å². The lowest BCUT2D eigenvalue weighted by Gasteiger charge is -2.19. The van der Waals surface area contributed by atoms with Crippen LogP contribution in [0.1, 0.15) is 59.4 Å². The van der Waals surface area contributed by atoms with Gasteiger partial charge in [-0.05, 0) is 78.4 Å². The number of aldehydes is 1. The first-order valence-corrected chi connectivity index (χ1v) is 17.0. The number of alkyl carbamates (subject to hydrolysis) is 1. The van der Waals surface area contributed by atoms with E-state index >= 15 is 0 Å². The molecule has 0 bridgehead atoms. The van der Waals surface area contributed by atoms with Crippen molar-refractivity contribution < 1.29 is 23.9 Å². The quantitative estimate of drug-likeness (QED) is 0.115. The molecule has 1 N–H and O–H groups in total. The first kappa shape index (κ1) is 33.9. The molecule has 2 heterocycles. The topological polar surface area (TPSA) is 107 Å². The lowest BCUT2D eigenvalue weighted by Crippen LogP contribution is -2.26. The molecule has 3 aromatic carbocycles. The third-order valence-corrected chi connectivity index (χ3v) is 9.61. The van der Waals surface area contributed by atoms with Gasteiger partial charge in [0, 0.05) is 40.9 Å². The number of fused-ring (bicyclic) bond motifs is 3. The van der Waals surface area contributed by atoms with E-state index in [4.69, 9.17) is 21.1 Å². The van der Waals surface area contributed by atoms with Crippen LogP contribution in [0.4, 0.5) is 4.79 Å². The first-order chi connectivity index (χ1) is 23.6. The largest absolute Gasteiger partial charge is 0.460 e. The van der Waals surface area contributed by atoms with Gasteiger partial charge in [0.05, 0.1) is 17.1 Å². The number of halogens is 1. The van der Waals surface area contributed by atoms with E-state index in [1.54, 1.807) is 36.7 Å². The number of ether oxygens (including phenoxy) is 2. The number of carbonyl (C=O) groups is 3. The van der Waals surface area contributed by atoms with E-state index in [-0.39, 0.29) is 31.5 Å². The van der Waals surface area contributed by atoms with Gasteiger partial charge in [-0.15, -0.1) is 0 Å². The number of nitrogens with zero attached hydrogens (tertiary/aromatic N) is 2. The Morgan fingerprint density at radius 2 is 1.61 bits per heavy atom. The molecule has 0 fully saturated rings. The van der Waals surface area contributed by atoms with E-state index in [1.165, 1.54) is 11.8 Å². The zero-order valence-corrected chi connectivity index (χ0v) is 28.8. The van der Waals surface area contributed by atoms with Crippen molar-refractivity contribution >= 4 is 41.7 Å². The molecule has 49 heavy (non-hydrogen) atoms. The van der Waals surface area contributed by atoms with E-state index in [9.17, 15) is 14.4 Å². The van der Waals surface area contributed by atoms with E-state index < -0.39 is 11.7 Å². The van der Waals surface area contributed by atoms with Crippen molar-refractivity contribution in [2.24, 2.45) is 0 Å². The standard InChI is InChI=1S/C39H34ClN3O5S/c1-39(2,3)48-35(45)19-26-15-14-24(20-42-26)27-16-17-34(40)36(49-37-25(22-44)9-8-18-41-37)32(27)21-43-38(46)47-23-33-30-12-6-4-10-28(30)29-11-5-7-13-31(29)33/h4-18,20,22,33H,19,21,23H2,1-3H3,(H,43,46). The Morgan fingerprint density at radius 1 is 0.898 bits per heavy atom. The lowest BCUT2D eigenvalue weighted by atomic mass is 9.98. The van der Waals surface area contributed by atoms with Crippen molar-refractivity contribution in [2.45, 2.75) is 55.2 Å². The number of nitrogens with one attached hydrogen (secondary N) is 1. The molecule has 0 unspecified atom stereocenters. The van der Waals surface area contributed by atoms with Gasteiger partial charge in [0.15, 0.2) is 6.29 Å². The SMILES string of the molecule is CC(C)(C)OC(=O)Cc1ccc(-c2ccc(Cl)c(Sc3ncccc3C=O)c2CNC(=O)OCC2c3ccccc3-c3ccccc32)cn1. The van der Waals surface area contributed by atoms with Gasteiger partial charge in [-0.3, -0.25) is 14.6 Å². The maximum absolute atomic E-state index is 13.3. The van der Waals surface area contributed by atoms with Crippen LogP contribution >= 0.6 is 23.4 Å². The highest BCUT2D eigenvalue weighted by Gasteiger charge is 2.29. The average molecular weight is 692 g/mol. The van der Waals surface area contributed by atoms with Gasteiger partial charge in [0.2, 0.25) is 0 Å². The Bertz CT molecular complexity index is 1980. The normalized spacial score (nSPS) is 12.2. The fourth-order valence-corrected chi connectivity index (χ4v) is 7.16. The van der Waals surface area contributed by atoms with Crippen LogP contribution in [0.15, 0.2) is 107 Å². The smallest absolute Gasteiger partial charge is 0.407 e. The summed E-state index contributed by atoms with van der Waals surface area (Å²) in [5, 5.41) is 3.82. The fraction of sp³-hybridized carbons (Fsp3) is 0.205. The van der Waals surface area contributed by atoms with E-state index in [1.807, 2.05) is 57.2 Å². The number of hydrogen-bond donors (Lipinski definition) is 1. The summed E-state index contributed by atoms with van der Waals surface area (Å²) >= 11 is 8.02. The lowest BCUT2D eigenvalue weighted by molar-refractivity contribution is -0.154. The monoisotopic (exact) mass is 691 g/mol. The van der Waals surface area contributed by atoms with Crippen molar-refractivity contribution in [1.29, 1.82) is 0 Å². The van der Waals surface area contributed by atoms with Crippen LogP contribution < -0.4 is 5.32 Å². The number of hydrogen-bond acceptors (Lipinski definition) is 8. The zero-order chi connectivity index (χ0) is 34.5. The van der Waals surface area contributed by atoms with Crippen LogP contribution in [-0.4, -0.2) is 40.5 Å². The van der Waals surface area contributed by atoms with Crippen LogP contribution in [0, 0.1) is 0 Å². The maximum atomic E-state index is 13.3.